The summed E-state index contributed by atoms with van der Waals surface area (Å²) in [5.74, 6) is 2.56. The summed E-state index contributed by atoms with van der Waals surface area (Å²) in [6.45, 7) is 4.92. The van der Waals surface area contributed by atoms with Crippen molar-refractivity contribution in [3.8, 4) is 0 Å². The molecule has 1 aliphatic heterocycles. The highest BCUT2D eigenvalue weighted by Crippen LogP contribution is 2.19. The van der Waals surface area contributed by atoms with Crippen LogP contribution in [0.4, 0.5) is 0 Å². The van der Waals surface area contributed by atoms with Gasteiger partial charge in [-0.3, -0.25) is 0 Å². The fourth-order valence-corrected chi connectivity index (χ4v) is 3.51. The second-order valence-electron chi connectivity index (χ2n) is 4.12. The smallest absolute Gasteiger partial charge is 0.00716 e. The molecule has 1 rings (SSSR count). The molecule has 0 aromatic carbocycles. The summed E-state index contributed by atoms with van der Waals surface area (Å²) in [6.07, 6.45) is 4.90. The van der Waals surface area contributed by atoms with Gasteiger partial charge in [0.25, 0.3) is 0 Å². The van der Waals surface area contributed by atoms with E-state index >= 15 is 0 Å². The van der Waals surface area contributed by atoms with Crippen LogP contribution in [0.5, 0.6) is 0 Å². The van der Waals surface area contributed by atoms with Gasteiger partial charge in [0.05, 0.1) is 0 Å². The molecule has 90 valence electrons. The minimum atomic E-state index is 0.917. The molecule has 1 saturated heterocycles. The van der Waals surface area contributed by atoms with Gasteiger partial charge in [0, 0.05) is 29.8 Å². The van der Waals surface area contributed by atoms with Gasteiger partial charge in [-0.05, 0) is 39.2 Å². The molecule has 1 fully saturated rings. The maximum Gasteiger partial charge on any atom is 0.00716 e. The van der Waals surface area contributed by atoms with Gasteiger partial charge in [-0.2, -0.15) is 23.5 Å². The number of hydrogen-bond donors (Lipinski definition) is 1. The lowest BCUT2D eigenvalue weighted by Crippen LogP contribution is -2.30. The molecule has 15 heavy (non-hydrogen) atoms. The highest BCUT2D eigenvalue weighted by Gasteiger charge is 2.12. The molecule has 0 atom stereocenters. The van der Waals surface area contributed by atoms with Gasteiger partial charge in [0.15, 0.2) is 0 Å². The zero-order valence-corrected chi connectivity index (χ0v) is 11.6. The quantitative estimate of drug-likeness (QED) is 0.738. The summed E-state index contributed by atoms with van der Waals surface area (Å²) in [4.78, 5) is 2.45. The van der Waals surface area contributed by atoms with Crippen LogP contribution in [0.15, 0.2) is 0 Å². The van der Waals surface area contributed by atoms with E-state index in [1.54, 1.807) is 0 Å². The van der Waals surface area contributed by atoms with Crippen molar-refractivity contribution in [2.24, 2.45) is 0 Å². The fraction of sp³-hybridized carbons (Fsp3) is 1.00. The first-order valence-electron chi connectivity index (χ1n) is 5.82. The third kappa shape index (κ3) is 6.72. The first kappa shape index (κ1) is 13.7. The largest absolute Gasteiger partial charge is 0.317 e. The lowest BCUT2D eigenvalue weighted by Gasteiger charge is -2.23. The van der Waals surface area contributed by atoms with Gasteiger partial charge < -0.3 is 10.2 Å². The molecule has 1 heterocycles. The topological polar surface area (TPSA) is 15.3 Å². The number of hydrogen-bond acceptors (Lipinski definition) is 4. The molecule has 0 aromatic heterocycles. The van der Waals surface area contributed by atoms with Gasteiger partial charge in [-0.25, -0.2) is 0 Å². The van der Waals surface area contributed by atoms with E-state index in [-0.39, 0.29) is 0 Å². The number of nitrogens with zero attached hydrogens (tertiary/aromatic N) is 1. The molecule has 0 saturated carbocycles. The summed E-state index contributed by atoms with van der Waals surface area (Å²) in [5.41, 5.74) is 0. The Labute approximate surface area is 103 Å². The van der Waals surface area contributed by atoms with Crippen molar-refractivity contribution < 1.29 is 0 Å². The molecule has 4 heteroatoms. The minimum absolute atomic E-state index is 0.917. The number of rotatable bonds is 7. The van der Waals surface area contributed by atoms with E-state index in [1.165, 1.54) is 50.5 Å². The molecular formula is C11H24N2S2. The predicted octanol–water partition coefficient (Wildman–Crippen LogP) is 1.77. The molecule has 1 N–H and O–H groups in total. The average molecular weight is 248 g/mol. The summed E-state index contributed by atoms with van der Waals surface area (Å²) in [5, 5.41) is 4.33. The predicted molar refractivity (Wildman–Crippen MR) is 74.2 cm³/mol. The summed E-state index contributed by atoms with van der Waals surface area (Å²) in [7, 11) is 2.24. The van der Waals surface area contributed by atoms with Gasteiger partial charge in [0.2, 0.25) is 0 Å². The lowest BCUT2D eigenvalue weighted by atomic mass is 10.2. The second-order valence-corrected chi connectivity index (χ2v) is 6.51. The monoisotopic (exact) mass is 248 g/mol. The zero-order chi connectivity index (χ0) is 10.9. The van der Waals surface area contributed by atoms with Gasteiger partial charge in [-0.1, -0.05) is 0 Å². The molecule has 0 amide bonds. The molecule has 0 spiro atoms. The van der Waals surface area contributed by atoms with Crippen LogP contribution >= 0.6 is 23.5 Å². The molecule has 0 radical (unpaired) electrons. The van der Waals surface area contributed by atoms with Crippen molar-refractivity contribution >= 4 is 23.5 Å². The minimum Gasteiger partial charge on any atom is -0.317 e. The normalized spacial score (nSPS) is 18.6. The number of thioether (sulfide) groups is 2. The highest BCUT2D eigenvalue weighted by atomic mass is 32.2. The van der Waals surface area contributed by atoms with Crippen molar-refractivity contribution in [3.63, 3.8) is 0 Å². The third-order valence-electron chi connectivity index (χ3n) is 2.79. The summed E-state index contributed by atoms with van der Waals surface area (Å²) < 4.78 is 0. The van der Waals surface area contributed by atoms with E-state index in [1.807, 2.05) is 11.8 Å². The van der Waals surface area contributed by atoms with Crippen LogP contribution in [-0.4, -0.2) is 61.1 Å². The number of piperidine rings is 1. The first-order valence-corrected chi connectivity index (χ1v) is 8.27. The Morgan fingerprint density at radius 1 is 1.20 bits per heavy atom. The van der Waals surface area contributed by atoms with Crippen molar-refractivity contribution in [1.82, 2.24) is 10.2 Å². The fourth-order valence-electron chi connectivity index (χ4n) is 1.70. The third-order valence-corrected chi connectivity index (χ3v) is 4.74. The van der Waals surface area contributed by atoms with E-state index in [4.69, 9.17) is 0 Å². The van der Waals surface area contributed by atoms with Crippen molar-refractivity contribution in [3.05, 3.63) is 0 Å². The Morgan fingerprint density at radius 2 is 1.87 bits per heavy atom. The molecule has 2 nitrogen and oxygen atoms in total. The molecular weight excluding hydrogens is 224 g/mol. The maximum atomic E-state index is 3.42. The Hall–Kier alpha value is 0.620. The maximum absolute atomic E-state index is 3.42. The van der Waals surface area contributed by atoms with Crippen molar-refractivity contribution in [2.75, 3.05) is 51.0 Å². The van der Waals surface area contributed by atoms with E-state index in [9.17, 15) is 0 Å². The molecule has 0 bridgehead atoms. The Morgan fingerprint density at radius 3 is 2.53 bits per heavy atom. The van der Waals surface area contributed by atoms with Gasteiger partial charge >= 0.3 is 0 Å². The molecule has 0 aromatic rings. The lowest BCUT2D eigenvalue weighted by molar-refractivity contribution is 0.379. The van der Waals surface area contributed by atoms with Gasteiger partial charge in [-0.15, -0.1) is 0 Å². The van der Waals surface area contributed by atoms with Crippen molar-refractivity contribution in [1.29, 1.82) is 0 Å². The Kier molecular flexibility index (Phi) is 7.97. The van der Waals surface area contributed by atoms with Crippen LogP contribution in [0, 0.1) is 0 Å². The Balaban J connectivity index is 1.94. The van der Waals surface area contributed by atoms with Crippen LogP contribution < -0.4 is 5.32 Å². The van der Waals surface area contributed by atoms with Crippen LogP contribution in [0.2, 0.25) is 0 Å². The molecule has 0 unspecified atom stereocenters. The zero-order valence-electron chi connectivity index (χ0n) is 10.00. The summed E-state index contributed by atoms with van der Waals surface area (Å²) in [6, 6.07) is 0. The second kappa shape index (κ2) is 8.74. The first-order chi connectivity index (χ1) is 7.33. The van der Waals surface area contributed by atoms with E-state index in [0.717, 1.165) is 5.25 Å². The van der Waals surface area contributed by atoms with Crippen LogP contribution in [0.25, 0.3) is 0 Å². The summed E-state index contributed by atoms with van der Waals surface area (Å²) >= 11 is 4.11. The number of nitrogens with one attached hydrogen (secondary N) is 1. The van der Waals surface area contributed by atoms with Crippen LogP contribution in [-0.2, 0) is 0 Å². The molecule has 0 aliphatic carbocycles. The van der Waals surface area contributed by atoms with Gasteiger partial charge in [0.1, 0.15) is 0 Å². The van der Waals surface area contributed by atoms with Crippen LogP contribution in [0.3, 0.4) is 0 Å². The highest BCUT2D eigenvalue weighted by molar-refractivity contribution is 7.99. The average Bonchev–Trinajstić information content (AvgIpc) is 2.28. The standard InChI is InChI=1S/C11H24N2S2/c1-13(7-9-14-2)8-10-15-11-3-5-12-6-4-11/h11-12H,3-10H2,1-2H3. The van der Waals surface area contributed by atoms with E-state index in [0.29, 0.717) is 0 Å². The van der Waals surface area contributed by atoms with Crippen LogP contribution in [0.1, 0.15) is 12.8 Å². The molecule has 1 aliphatic rings. The van der Waals surface area contributed by atoms with E-state index in [2.05, 4.69) is 35.3 Å². The SMILES string of the molecule is CSCCN(C)CCSC1CCNCC1. The van der Waals surface area contributed by atoms with E-state index < -0.39 is 0 Å². The van der Waals surface area contributed by atoms with Crippen molar-refractivity contribution in [2.45, 2.75) is 18.1 Å². The Bertz CT molecular complexity index is 150.